The number of aliphatic carboxylic acids is 1. The van der Waals surface area contributed by atoms with Crippen LogP contribution in [-0.4, -0.2) is 59.1 Å². The van der Waals surface area contributed by atoms with Crippen LogP contribution in [0.4, 0.5) is 0 Å². The summed E-state index contributed by atoms with van der Waals surface area (Å²) >= 11 is 1.80. The average Bonchev–Trinajstić information content (AvgIpc) is 2.23. The second-order valence-electron chi connectivity index (χ2n) is 3.64. The van der Waals surface area contributed by atoms with E-state index in [1.165, 1.54) is 0 Å². The molecule has 92 valence electrons. The molecule has 1 saturated heterocycles. The van der Waals surface area contributed by atoms with Gasteiger partial charge in [0.1, 0.15) is 0 Å². The van der Waals surface area contributed by atoms with Gasteiger partial charge in [0.15, 0.2) is 0 Å². The number of amides is 1. The van der Waals surface area contributed by atoms with E-state index in [2.05, 4.69) is 12.2 Å². The Morgan fingerprint density at radius 1 is 1.69 bits per heavy atom. The molecule has 1 aliphatic rings. The lowest BCUT2D eigenvalue weighted by molar-refractivity contribution is -0.143. The highest BCUT2D eigenvalue weighted by Gasteiger charge is 2.30. The second kappa shape index (κ2) is 6.75. The molecule has 1 unspecified atom stereocenters. The quantitative estimate of drug-likeness (QED) is 0.646. The van der Waals surface area contributed by atoms with Gasteiger partial charge in [-0.05, 0) is 5.75 Å². The third-order valence-corrected chi connectivity index (χ3v) is 3.42. The maximum Gasteiger partial charge on any atom is 0.305 e. The van der Waals surface area contributed by atoms with Gasteiger partial charge in [0.25, 0.3) is 0 Å². The highest BCUT2D eigenvalue weighted by atomic mass is 32.2. The first-order valence-corrected chi connectivity index (χ1v) is 6.62. The molecule has 6 heteroatoms. The Balaban J connectivity index is 2.49. The number of nitrogens with one attached hydrogen (secondary N) is 1. The van der Waals surface area contributed by atoms with Crippen molar-refractivity contribution in [1.29, 1.82) is 0 Å². The predicted octanol–water partition coefficient (Wildman–Crippen LogP) is 0.0146. The summed E-state index contributed by atoms with van der Waals surface area (Å²) < 4.78 is 0. The summed E-state index contributed by atoms with van der Waals surface area (Å²) in [7, 11) is 0. The summed E-state index contributed by atoms with van der Waals surface area (Å²) in [6, 6.07) is -0.497. The third-order valence-electron chi connectivity index (χ3n) is 2.54. The van der Waals surface area contributed by atoms with Crippen molar-refractivity contribution in [2.75, 3.05) is 31.1 Å². The molecule has 1 heterocycles. The fraction of sp³-hybridized carbons (Fsp3) is 0.800. The zero-order chi connectivity index (χ0) is 12.0. The van der Waals surface area contributed by atoms with E-state index < -0.39 is 12.0 Å². The lowest BCUT2D eigenvalue weighted by Gasteiger charge is -2.34. The van der Waals surface area contributed by atoms with E-state index in [1.807, 2.05) is 4.90 Å². The first-order valence-electron chi connectivity index (χ1n) is 5.46. The fourth-order valence-electron chi connectivity index (χ4n) is 1.74. The minimum Gasteiger partial charge on any atom is -0.481 e. The standard InChI is InChI=1S/C10H18N2O3S/c1-2-16-6-5-12-4-3-11-10(15)8(12)7-9(13)14/h8H,2-7H2,1H3,(H,11,15)(H,13,14). The van der Waals surface area contributed by atoms with Crippen LogP contribution in [0.3, 0.4) is 0 Å². The van der Waals surface area contributed by atoms with Gasteiger partial charge in [-0.3, -0.25) is 14.5 Å². The maximum atomic E-state index is 11.5. The van der Waals surface area contributed by atoms with Gasteiger partial charge in [-0.1, -0.05) is 6.92 Å². The monoisotopic (exact) mass is 246 g/mol. The van der Waals surface area contributed by atoms with E-state index >= 15 is 0 Å². The van der Waals surface area contributed by atoms with Crippen molar-refractivity contribution >= 4 is 23.6 Å². The van der Waals surface area contributed by atoms with E-state index in [-0.39, 0.29) is 12.3 Å². The molecule has 5 nitrogen and oxygen atoms in total. The highest BCUT2D eigenvalue weighted by molar-refractivity contribution is 7.99. The minimum atomic E-state index is -0.921. The Hall–Kier alpha value is -0.750. The molecule has 0 saturated carbocycles. The van der Waals surface area contributed by atoms with Crippen LogP contribution in [0.1, 0.15) is 13.3 Å². The number of rotatable bonds is 6. The first kappa shape index (κ1) is 13.3. The second-order valence-corrected chi connectivity index (χ2v) is 5.03. The van der Waals surface area contributed by atoms with Gasteiger partial charge in [-0.15, -0.1) is 0 Å². The van der Waals surface area contributed by atoms with Gasteiger partial charge < -0.3 is 10.4 Å². The van der Waals surface area contributed by atoms with Gasteiger partial charge >= 0.3 is 5.97 Å². The molecule has 0 radical (unpaired) electrons. The van der Waals surface area contributed by atoms with Crippen molar-refractivity contribution in [2.45, 2.75) is 19.4 Å². The number of carboxylic acid groups (broad SMARTS) is 1. The molecule has 1 atom stereocenters. The van der Waals surface area contributed by atoms with Crippen LogP contribution in [0.15, 0.2) is 0 Å². The van der Waals surface area contributed by atoms with E-state index in [1.54, 1.807) is 11.8 Å². The number of hydrogen-bond acceptors (Lipinski definition) is 4. The van der Waals surface area contributed by atoms with Crippen LogP contribution >= 0.6 is 11.8 Å². The summed E-state index contributed by atoms with van der Waals surface area (Å²) in [6.07, 6.45) is -0.109. The molecular weight excluding hydrogens is 228 g/mol. The third kappa shape index (κ3) is 4.02. The number of thioether (sulfide) groups is 1. The van der Waals surface area contributed by atoms with E-state index in [9.17, 15) is 9.59 Å². The van der Waals surface area contributed by atoms with Crippen molar-refractivity contribution < 1.29 is 14.7 Å². The van der Waals surface area contributed by atoms with Crippen LogP contribution in [-0.2, 0) is 9.59 Å². The molecule has 1 amide bonds. The highest BCUT2D eigenvalue weighted by Crippen LogP contribution is 2.10. The molecule has 0 aromatic rings. The van der Waals surface area contributed by atoms with Gasteiger partial charge in [0.2, 0.25) is 5.91 Å². The average molecular weight is 246 g/mol. The topological polar surface area (TPSA) is 69.6 Å². The summed E-state index contributed by atoms with van der Waals surface area (Å²) in [4.78, 5) is 24.2. The van der Waals surface area contributed by atoms with Crippen molar-refractivity contribution in [3.8, 4) is 0 Å². The number of nitrogens with zero attached hydrogens (tertiary/aromatic N) is 1. The Morgan fingerprint density at radius 2 is 2.44 bits per heavy atom. The van der Waals surface area contributed by atoms with Crippen LogP contribution < -0.4 is 5.32 Å². The van der Waals surface area contributed by atoms with Crippen molar-refractivity contribution in [2.24, 2.45) is 0 Å². The van der Waals surface area contributed by atoms with Crippen molar-refractivity contribution in [1.82, 2.24) is 10.2 Å². The Morgan fingerprint density at radius 3 is 3.06 bits per heavy atom. The largest absolute Gasteiger partial charge is 0.481 e. The number of piperazine rings is 1. The maximum absolute atomic E-state index is 11.5. The number of hydrogen-bond donors (Lipinski definition) is 2. The minimum absolute atomic E-state index is 0.109. The Labute approximate surface area is 99.6 Å². The summed E-state index contributed by atoms with van der Waals surface area (Å²) in [5, 5.41) is 11.5. The molecule has 16 heavy (non-hydrogen) atoms. The van der Waals surface area contributed by atoms with Gasteiger partial charge in [-0.2, -0.15) is 11.8 Å². The molecule has 0 aliphatic carbocycles. The zero-order valence-electron chi connectivity index (χ0n) is 9.44. The smallest absolute Gasteiger partial charge is 0.305 e. The molecule has 0 aromatic heterocycles. The van der Waals surface area contributed by atoms with Crippen LogP contribution in [0.5, 0.6) is 0 Å². The number of carbonyl (C=O) groups excluding carboxylic acids is 1. The van der Waals surface area contributed by atoms with Crippen LogP contribution in [0.25, 0.3) is 0 Å². The van der Waals surface area contributed by atoms with E-state index in [4.69, 9.17) is 5.11 Å². The van der Waals surface area contributed by atoms with Crippen LogP contribution in [0, 0.1) is 0 Å². The molecule has 0 aromatic carbocycles. The van der Waals surface area contributed by atoms with Gasteiger partial charge in [0.05, 0.1) is 12.5 Å². The van der Waals surface area contributed by atoms with Crippen LogP contribution in [0.2, 0.25) is 0 Å². The SMILES string of the molecule is CCSCCN1CCNC(=O)C1CC(=O)O. The summed E-state index contributed by atoms with van der Waals surface area (Å²) in [6.45, 7) is 4.23. The zero-order valence-corrected chi connectivity index (χ0v) is 10.3. The molecule has 0 bridgehead atoms. The van der Waals surface area contributed by atoms with Gasteiger partial charge in [-0.25, -0.2) is 0 Å². The summed E-state index contributed by atoms with van der Waals surface area (Å²) in [5.41, 5.74) is 0. The van der Waals surface area contributed by atoms with E-state index in [0.29, 0.717) is 6.54 Å². The lowest BCUT2D eigenvalue weighted by atomic mass is 10.1. The first-order chi connectivity index (χ1) is 7.65. The molecular formula is C10H18N2O3S. The molecule has 1 fully saturated rings. The van der Waals surface area contributed by atoms with Gasteiger partial charge in [0, 0.05) is 25.4 Å². The predicted molar refractivity (Wildman–Crippen MR) is 63.6 cm³/mol. The Bertz CT molecular complexity index is 260. The molecule has 1 rings (SSSR count). The lowest BCUT2D eigenvalue weighted by Crippen LogP contribution is -2.56. The Kier molecular flexibility index (Phi) is 5.62. The summed E-state index contributed by atoms with van der Waals surface area (Å²) in [5.74, 6) is 0.911. The van der Waals surface area contributed by atoms with Crippen molar-refractivity contribution in [3.63, 3.8) is 0 Å². The van der Waals surface area contributed by atoms with Crippen molar-refractivity contribution in [3.05, 3.63) is 0 Å². The normalized spacial score (nSPS) is 21.8. The fourth-order valence-corrected chi connectivity index (χ4v) is 2.40. The number of carboxylic acids is 1. The number of carbonyl (C=O) groups is 2. The molecule has 2 N–H and O–H groups in total. The molecule has 0 spiro atoms. The van der Waals surface area contributed by atoms with E-state index in [0.717, 1.165) is 24.6 Å². The molecule has 1 aliphatic heterocycles.